The number of hydrogen-bond acceptors (Lipinski definition) is 6. The van der Waals surface area contributed by atoms with Gasteiger partial charge in [0.05, 0.1) is 24.8 Å². The molecule has 0 saturated carbocycles. The van der Waals surface area contributed by atoms with Crippen LogP contribution in [-0.2, 0) is 4.74 Å². The molecule has 0 radical (unpaired) electrons. The van der Waals surface area contributed by atoms with Gasteiger partial charge in [-0.15, -0.1) is 0 Å². The number of nitrogens with one attached hydrogen (secondary N) is 1. The van der Waals surface area contributed by atoms with Gasteiger partial charge in [-0.25, -0.2) is 14.5 Å². The van der Waals surface area contributed by atoms with Crippen molar-refractivity contribution in [2.24, 2.45) is 5.41 Å². The number of ether oxygens (including phenoxy) is 1. The normalized spacial score (nSPS) is 18.5. The van der Waals surface area contributed by atoms with E-state index in [9.17, 15) is 0 Å². The average molecular weight is 387 g/mol. The summed E-state index contributed by atoms with van der Waals surface area (Å²) in [6.45, 7) is 4.00. The number of halogens is 1. The largest absolute Gasteiger partial charge is 0.380 e. The van der Waals surface area contributed by atoms with E-state index in [-0.39, 0.29) is 0 Å². The van der Waals surface area contributed by atoms with Gasteiger partial charge in [0.2, 0.25) is 0 Å². The van der Waals surface area contributed by atoms with Gasteiger partial charge < -0.3 is 15.0 Å². The standard InChI is InChI=1S/C16H15BrN6O/c17-13-5-23-15(18-10-19-23)14(21-13)20-11-1-3-12(4-2-11)22-6-16(7-22)8-24-9-16/h1-5,10H,6-9H2,(H,20,21). The van der Waals surface area contributed by atoms with E-state index in [1.165, 1.54) is 12.0 Å². The predicted octanol–water partition coefficient (Wildman–Crippen LogP) is 2.47. The van der Waals surface area contributed by atoms with Crippen LogP contribution in [0.4, 0.5) is 17.2 Å². The molecular weight excluding hydrogens is 372 g/mol. The molecule has 24 heavy (non-hydrogen) atoms. The van der Waals surface area contributed by atoms with Crippen LogP contribution in [0.25, 0.3) is 5.65 Å². The summed E-state index contributed by atoms with van der Waals surface area (Å²) < 4.78 is 7.72. The van der Waals surface area contributed by atoms with Crippen molar-refractivity contribution in [2.75, 3.05) is 36.5 Å². The molecule has 5 rings (SSSR count). The number of rotatable bonds is 3. The minimum atomic E-state index is 0.427. The Morgan fingerprint density at radius 2 is 1.96 bits per heavy atom. The number of aromatic nitrogens is 4. The third-order valence-electron chi connectivity index (χ3n) is 4.60. The molecule has 0 amide bonds. The molecule has 0 atom stereocenters. The van der Waals surface area contributed by atoms with Crippen molar-refractivity contribution in [2.45, 2.75) is 0 Å². The molecule has 2 aromatic heterocycles. The lowest BCUT2D eigenvalue weighted by molar-refractivity contribution is -0.127. The summed E-state index contributed by atoms with van der Waals surface area (Å²) in [4.78, 5) is 11.1. The molecule has 0 bridgehead atoms. The highest BCUT2D eigenvalue weighted by atomic mass is 79.9. The van der Waals surface area contributed by atoms with Gasteiger partial charge in [0.1, 0.15) is 10.9 Å². The summed E-state index contributed by atoms with van der Waals surface area (Å²) in [6.07, 6.45) is 3.29. The summed E-state index contributed by atoms with van der Waals surface area (Å²) >= 11 is 3.40. The molecule has 8 heteroatoms. The maximum atomic E-state index is 5.33. The fraction of sp³-hybridized carbons (Fsp3) is 0.312. The van der Waals surface area contributed by atoms with E-state index in [2.05, 4.69) is 65.5 Å². The fourth-order valence-corrected chi connectivity index (χ4v) is 3.67. The fourth-order valence-electron chi connectivity index (χ4n) is 3.30. The Morgan fingerprint density at radius 3 is 2.67 bits per heavy atom. The van der Waals surface area contributed by atoms with Crippen molar-refractivity contribution in [3.63, 3.8) is 0 Å². The van der Waals surface area contributed by atoms with Crippen molar-refractivity contribution < 1.29 is 4.74 Å². The Labute approximate surface area is 146 Å². The van der Waals surface area contributed by atoms with Crippen LogP contribution >= 0.6 is 15.9 Å². The van der Waals surface area contributed by atoms with Gasteiger partial charge in [-0.3, -0.25) is 0 Å². The second-order valence-corrected chi connectivity index (χ2v) is 7.27. The van der Waals surface area contributed by atoms with Gasteiger partial charge in [0.15, 0.2) is 11.5 Å². The minimum absolute atomic E-state index is 0.427. The van der Waals surface area contributed by atoms with Crippen LogP contribution < -0.4 is 10.2 Å². The number of anilines is 3. The lowest BCUT2D eigenvalue weighted by atomic mass is 9.78. The summed E-state index contributed by atoms with van der Waals surface area (Å²) in [5, 5.41) is 7.46. The Morgan fingerprint density at radius 1 is 1.17 bits per heavy atom. The van der Waals surface area contributed by atoms with E-state index in [1.54, 1.807) is 10.7 Å². The predicted molar refractivity (Wildman–Crippen MR) is 93.7 cm³/mol. The number of fused-ring (bicyclic) bond motifs is 1. The minimum Gasteiger partial charge on any atom is -0.380 e. The quantitative estimate of drug-likeness (QED) is 0.745. The van der Waals surface area contributed by atoms with Gasteiger partial charge in [0, 0.05) is 24.5 Å². The van der Waals surface area contributed by atoms with E-state index in [4.69, 9.17) is 4.74 Å². The zero-order valence-electron chi connectivity index (χ0n) is 12.8. The molecule has 122 valence electrons. The highest BCUT2D eigenvalue weighted by molar-refractivity contribution is 9.10. The van der Waals surface area contributed by atoms with E-state index in [1.807, 2.05) is 0 Å². The topological polar surface area (TPSA) is 67.6 Å². The van der Waals surface area contributed by atoms with Crippen LogP contribution in [0.15, 0.2) is 41.4 Å². The lowest BCUT2D eigenvalue weighted by Crippen LogP contribution is -2.66. The SMILES string of the molecule is Brc1cn2ncnc2c(Nc2ccc(N3CC4(COC4)C3)cc2)n1. The molecule has 1 aromatic carbocycles. The maximum Gasteiger partial charge on any atom is 0.198 e. The van der Waals surface area contributed by atoms with Crippen molar-refractivity contribution in [3.8, 4) is 0 Å². The molecule has 1 spiro atoms. The van der Waals surface area contributed by atoms with Gasteiger partial charge in [-0.05, 0) is 40.2 Å². The molecule has 2 fully saturated rings. The number of nitrogens with zero attached hydrogens (tertiary/aromatic N) is 5. The Balaban J connectivity index is 1.35. The van der Waals surface area contributed by atoms with Crippen LogP contribution in [0.2, 0.25) is 0 Å². The van der Waals surface area contributed by atoms with Gasteiger partial charge in [-0.1, -0.05) is 0 Å². The van der Waals surface area contributed by atoms with Crippen LogP contribution in [0.5, 0.6) is 0 Å². The highest BCUT2D eigenvalue weighted by Gasteiger charge is 2.48. The van der Waals surface area contributed by atoms with Gasteiger partial charge in [0.25, 0.3) is 0 Å². The third kappa shape index (κ3) is 2.25. The summed E-state index contributed by atoms with van der Waals surface area (Å²) in [5.74, 6) is 0.671. The van der Waals surface area contributed by atoms with Gasteiger partial charge in [-0.2, -0.15) is 5.10 Å². The summed E-state index contributed by atoms with van der Waals surface area (Å²) in [6, 6.07) is 8.39. The molecule has 7 nitrogen and oxygen atoms in total. The van der Waals surface area contributed by atoms with Crippen LogP contribution in [0.1, 0.15) is 0 Å². The maximum absolute atomic E-state index is 5.33. The van der Waals surface area contributed by atoms with Crippen LogP contribution in [0.3, 0.4) is 0 Å². The first-order valence-electron chi connectivity index (χ1n) is 7.77. The van der Waals surface area contributed by atoms with Crippen molar-refractivity contribution in [1.82, 2.24) is 19.6 Å². The smallest absolute Gasteiger partial charge is 0.198 e. The Hall–Kier alpha value is -2.19. The number of hydrogen-bond donors (Lipinski definition) is 1. The molecule has 0 aliphatic carbocycles. The highest BCUT2D eigenvalue weighted by Crippen LogP contribution is 2.40. The zero-order chi connectivity index (χ0) is 16.1. The molecule has 2 saturated heterocycles. The van der Waals surface area contributed by atoms with Crippen molar-refractivity contribution in [1.29, 1.82) is 0 Å². The van der Waals surface area contributed by atoms with Crippen LogP contribution in [0, 0.1) is 5.41 Å². The molecule has 0 unspecified atom stereocenters. The number of benzene rings is 1. The first-order chi connectivity index (χ1) is 11.7. The van der Waals surface area contributed by atoms with Crippen LogP contribution in [-0.4, -0.2) is 45.9 Å². The molecule has 3 aromatic rings. The molecular formula is C16H15BrN6O. The molecule has 2 aliphatic heterocycles. The van der Waals surface area contributed by atoms with E-state index < -0.39 is 0 Å². The van der Waals surface area contributed by atoms with Crippen molar-refractivity contribution >= 4 is 38.8 Å². The third-order valence-corrected chi connectivity index (χ3v) is 4.98. The molecule has 4 heterocycles. The lowest BCUT2D eigenvalue weighted by Gasteiger charge is -2.56. The molecule has 2 aliphatic rings. The van der Waals surface area contributed by atoms with Crippen molar-refractivity contribution in [3.05, 3.63) is 41.4 Å². The average Bonchev–Trinajstić information content (AvgIpc) is 2.94. The zero-order valence-corrected chi connectivity index (χ0v) is 14.4. The summed E-state index contributed by atoms with van der Waals surface area (Å²) in [7, 11) is 0. The monoisotopic (exact) mass is 386 g/mol. The first kappa shape index (κ1) is 14.2. The first-order valence-corrected chi connectivity index (χ1v) is 8.56. The van der Waals surface area contributed by atoms with E-state index in [0.717, 1.165) is 32.0 Å². The Kier molecular flexibility index (Phi) is 3.04. The second kappa shape index (κ2) is 5.15. The van der Waals surface area contributed by atoms with E-state index >= 15 is 0 Å². The van der Waals surface area contributed by atoms with Gasteiger partial charge >= 0.3 is 0 Å². The summed E-state index contributed by atoms with van der Waals surface area (Å²) in [5.41, 5.74) is 3.33. The Bertz CT molecular complexity index is 897. The van der Waals surface area contributed by atoms with E-state index in [0.29, 0.717) is 21.5 Å². The second-order valence-electron chi connectivity index (χ2n) is 6.46. The molecule has 1 N–H and O–H groups in total.